The molecule has 170 valence electrons. The minimum absolute atomic E-state index is 0.0642. The molecule has 0 aromatic carbocycles. The minimum Gasteiger partial charge on any atom is -0.404 e. The van der Waals surface area contributed by atoms with Crippen molar-refractivity contribution in [2.45, 2.75) is 25.7 Å². The first-order valence-electron chi connectivity index (χ1n) is 11.4. The van der Waals surface area contributed by atoms with Gasteiger partial charge in [-0.15, -0.1) is 0 Å². The summed E-state index contributed by atoms with van der Waals surface area (Å²) in [7, 11) is 2.15. The fourth-order valence-corrected chi connectivity index (χ4v) is 4.39. The Kier molecular flexibility index (Phi) is 6.94. The van der Waals surface area contributed by atoms with E-state index in [0.717, 1.165) is 61.4 Å². The van der Waals surface area contributed by atoms with Gasteiger partial charge in [-0.3, -0.25) is 14.8 Å². The summed E-state index contributed by atoms with van der Waals surface area (Å²) in [5.41, 5.74) is 9.93. The Morgan fingerprint density at radius 3 is 2.59 bits per heavy atom. The molecule has 0 spiro atoms. The SMILES string of the molecule is CCN=C/C(=C\N)C(=O)N1CCC(c2ncnc3cc(N4CCN(C)CC4)cnc23)CC1. The summed E-state index contributed by atoms with van der Waals surface area (Å²) in [6.45, 7) is 7.96. The van der Waals surface area contributed by atoms with Gasteiger partial charge in [-0.1, -0.05) is 0 Å². The lowest BCUT2D eigenvalue weighted by atomic mass is 9.92. The van der Waals surface area contributed by atoms with E-state index in [9.17, 15) is 4.79 Å². The average Bonchev–Trinajstić information content (AvgIpc) is 2.84. The van der Waals surface area contributed by atoms with E-state index in [1.807, 2.05) is 18.0 Å². The molecule has 9 heteroatoms. The smallest absolute Gasteiger partial charge is 0.256 e. The van der Waals surface area contributed by atoms with E-state index < -0.39 is 0 Å². The van der Waals surface area contributed by atoms with Gasteiger partial charge in [0.05, 0.1) is 28.7 Å². The summed E-state index contributed by atoms with van der Waals surface area (Å²) in [5.74, 6) is 0.187. The number of nitrogens with two attached hydrogens (primary N) is 1. The molecule has 0 bridgehead atoms. The zero-order valence-electron chi connectivity index (χ0n) is 18.9. The molecule has 2 N–H and O–H groups in total. The van der Waals surface area contributed by atoms with Crippen LogP contribution >= 0.6 is 0 Å². The van der Waals surface area contributed by atoms with E-state index in [2.05, 4.69) is 37.9 Å². The van der Waals surface area contributed by atoms with Gasteiger partial charge in [-0.05, 0) is 32.9 Å². The molecule has 2 aromatic rings. The molecule has 0 atom stereocenters. The molecule has 2 aliphatic heterocycles. The van der Waals surface area contributed by atoms with Crippen LogP contribution in [0.1, 0.15) is 31.4 Å². The van der Waals surface area contributed by atoms with Crippen LogP contribution in [0.25, 0.3) is 11.0 Å². The molecule has 0 saturated carbocycles. The normalized spacial score (nSPS) is 19.2. The summed E-state index contributed by atoms with van der Waals surface area (Å²) in [4.78, 5) is 37.3. The van der Waals surface area contributed by atoms with Crippen LogP contribution in [-0.2, 0) is 4.79 Å². The molecule has 2 saturated heterocycles. The highest BCUT2D eigenvalue weighted by Gasteiger charge is 2.27. The lowest BCUT2D eigenvalue weighted by molar-refractivity contribution is -0.127. The van der Waals surface area contributed by atoms with Gasteiger partial charge >= 0.3 is 0 Å². The maximum Gasteiger partial charge on any atom is 0.256 e. The number of nitrogens with zero attached hydrogens (tertiary/aromatic N) is 7. The maximum absolute atomic E-state index is 12.7. The van der Waals surface area contributed by atoms with Crippen molar-refractivity contribution >= 4 is 28.8 Å². The van der Waals surface area contributed by atoms with Crippen molar-refractivity contribution in [3.05, 3.63) is 36.1 Å². The lowest BCUT2D eigenvalue weighted by Gasteiger charge is -2.34. The zero-order chi connectivity index (χ0) is 22.5. The molecule has 0 unspecified atom stereocenters. The largest absolute Gasteiger partial charge is 0.404 e. The Hall–Kier alpha value is -3.07. The Morgan fingerprint density at radius 1 is 1.16 bits per heavy atom. The summed E-state index contributed by atoms with van der Waals surface area (Å²) in [5, 5.41) is 0. The molecule has 2 fully saturated rings. The molecule has 0 radical (unpaired) electrons. The Balaban J connectivity index is 1.46. The van der Waals surface area contributed by atoms with Gasteiger partial charge in [0, 0.05) is 64.1 Å². The zero-order valence-corrected chi connectivity index (χ0v) is 18.9. The number of carbonyl (C=O) groups is 1. The number of piperidine rings is 1. The number of pyridine rings is 1. The van der Waals surface area contributed by atoms with Crippen LogP contribution in [0.3, 0.4) is 0 Å². The third-order valence-corrected chi connectivity index (χ3v) is 6.37. The topological polar surface area (TPSA) is 104 Å². The number of aromatic nitrogens is 3. The second kappa shape index (κ2) is 10.0. The lowest BCUT2D eigenvalue weighted by Crippen LogP contribution is -2.44. The molecule has 0 aliphatic carbocycles. The van der Waals surface area contributed by atoms with Gasteiger partial charge < -0.3 is 20.4 Å². The highest BCUT2D eigenvalue weighted by atomic mass is 16.2. The van der Waals surface area contributed by atoms with E-state index >= 15 is 0 Å². The van der Waals surface area contributed by atoms with Crippen molar-refractivity contribution in [3.8, 4) is 0 Å². The highest BCUT2D eigenvalue weighted by Crippen LogP contribution is 2.31. The molecule has 1 amide bonds. The standard InChI is InChI=1S/C23H32N8O/c1-3-25-14-18(13-24)23(32)31-6-4-17(5-7-31)21-22-20(27-16-28-21)12-19(15-26-22)30-10-8-29(2)9-11-30/h12-17H,3-11,24H2,1-2H3/b18-13+,25-14?. The monoisotopic (exact) mass is 436 g/mol. The van der Waals surface area contributed by atoms with Crippen molar-refractivity contribution < 1.29 is 4.79 Å². The van der Waals surface area contributed by atoms with E-state index in [4.69, 9.17) is 10.7 Å². The second-order valence-electron chi connectivity index (χ2n) is 8.43. The fraction of sp³-hybridized carbons (Fsp3) is 0.522. The quantitative estimate of drug-likeness (QED) is 0.558. The first-order chi connectivity index (χ1) is 15.6. The highest BCUT2D eigenvalue weighted by molar-refractivity contribution is 6.12. The van der Waals surface area contributed by atoms with Gasteiger partial charge in [0.15, 0.2) is 0 Å². The number of likely N-dealkylation sites (N-methyl/N-ethyl adjacent to an activating group) is 1. The van der Waals surface area contributed by atoms with Gasteiger partial charge in [-0.25, -0.2) is 9.97 Å². The summed E-state index contributed by atoms with van der Waals surface area (Å²) in [6, 6.07) is 2.13. The first kappa shape index (κ1) is 22.1. The summed E-state index contributed by atoms with van der Waals surface area (Å²) in [6.07, 6.45) is 8.16. The van der Waals surface area contributed by atoms with Crippen LogP contribution in [-0.4, -0.2) is 89.7 Å². The number of likely N-dealkylation sites (tertiary alicyclic amines) is 1. The third kappa shape index (κ3) is 4.72. The van der Waals surface area contributed by atoms with Crippen molar-refractivity contribution in [1.29, 1.82) is 0 Å². The van der Waals surface area contributed by atoms with Crippen molar-refractivity contribution in [2.24, 2.45) is 10.7 Å². The number of fused-ring (bicyclic) bond motifs is 1. The van der Waals surface area contributed by atoms with Crippen molar-refractivity contribution in [1.82, 2.24) is 24.8 Å². The predicted octanol–water partition coefficient (Wildman–Crippen LogP) is 1.42. The number of rotatable bonds is 5. The Morgan fingerprint density at radius 2 is 1.91 bits per heavy atom. The number of piperazine rings is 1. The van der Waals surface area contributed by atoms with Crippen LogP contribution in [0.4, 0.5) is 5.69 Å². The molecule has 9 nitrogen and oxygen atoms in total. The fourth-order valence-electron chi connectivity index (χ4n) is 4.39. The van der Waals surface area contributed by atoms with Gasteiger partial charge in [0.2, 0.25) is 0 Å². The summed E-state index contributed by atoms with van der Waals surface area (Å²) < 4.78 is 0. The van der Waals surface area contributed by atoms with Crippen LogP contribution < -0.4 is 10.6 Å². The van der Waals surface area contributed by atoms with Gasteiger partial charge in [-0.2, -0.15) is 0 Å². The molecule has 2 aliphatic rings. The number of anilines is 1. The predicted molar refractivity (Wildman–Crippen MR) is 127 cm³/mol. The van der Waals surface area contributed by atoms with Crippen LogP contribution in [0.2, 0.25) is 0 Å². The molecule has 32 heavy (non-hydrogen) atoms. The van der Waals surface area contributed by atoms with Crippen LogP contribution in [0.5, 0.6) is 0 Å². The number of amides is 1. The number of carbonyl (C=O) groups excluding carboxylic acids is 1. The van der Waals surface area contributed by atoms with E-state index in [0.29, 0.717) is 25.2 Å². The Labute approximate surface area is 189 Å². The van der Waals surface area contributed by atoms with E-state index in [1.54, 1.807) is 12.5 Å². The molecular formula is C23H32N8O. The number of hydrogen-bond donors (Lipinski definition) is 1. The third-order valence-electron chi connectivity index (χ3n) is 6.37. The van der Waals surface area contributed by atoms with Crippen molar-refractivity contribution in [3.63, 3.8) is 0 Å². The molecular weight excluding hydrogens is 404 g/mol. The number of hydrogen-bond acceptors (Lipinski definition) is 8. The van der Waals surface area contributed by atoms with E-state index in [-0.39, 0.29) is 11.8 Å². The van der Waals surface area contributed by atoms with Crippen LogP contribution in [0.15, 0.2) is 35.4 Å². The second-order valence-corrected chi connectivity index (χ2v) is 8.43. The minimum atomic E-state index is -0.0642. The average molecular weight is 437 g/mol. The summed E-state index contributed by atoms with van der Waals surface area (Å²) >= 11 is 0. The Bertz CT molecular complexity index is 1000. The molecule has 4 rings (SSSR count). The first-order valence-corrected chi connectivity index (χ1v) is 11.4. The maximum atomic E-state index is 12.7. The molecule has 4 heterocycles. The molecule has 2 aromatic heterocycles. The number of aliphatic imine (C=N–C) groups is 1. The van der Waals surface area contributed by atoms with Gasteiger partial charge in [0.1, 0.15) is 11.8 Å². The van der Waals surface area contributed by atoms with Crippen LogP contribution in [0, 0.1) is 0 Å². The van der Waals surface area contributed by atoms with Gasteiger partial charge in [0.25, 0.3) is 5.91 Å². The van der Waals surface area contributed by atoms with E-state index in [1.165, 1.54) is 6.20 Å². The van der Waals surface area contributed by atoms with Crippen molar-refractivity contribution in [2.75, 3.05) is 57.8 Å².